The molecular formula is C14H16BrClN2S. The van der Waals surface area contributed by atoms with Gasteiger partial charge < -0.3 is 5.32 Å². The summed E-state index contributed by atoms with van der Waals surface area (Å²) in [6, 6.07) is 5.82. The molecule has 1 aromatic carbocycles. The van der Waals surface area contributed by atoms with Gasteiger partial charge in [-0.05, 0) is 36.5 Å². The van der Waals surface area contributed by atoms with Crippen molar-refractivity contribution in [1.29, 1.82) is 0 Å². The molecule has 0 aromatic heterocycles. The van der Waals surface area contributed by atoms with E-state index in [1.807, 2.05) is 30.0 Å². The minimum atomic E-state index is 0.483. The molecule has 5 heteroatoms. The Bertz CT molecular complexity index is 512. The Labute approximate surface area is 131 Å². The van der Waals surface area contributed by atoms with Crippen molar-refractivity contribution in [2.45, 2.75) is 25.7 Å². The highest BCUT2D eigenvalue weighted by atomic mass is 79.9. The Morgan fingerprint density at radius 2 is 2.11 bits per heavy atom. The molecule has 2 aliphatic rings. The van der Waals surface area contributed by atoms with Crippen LogP contribution in [-0.4, -0.2) is 17.5 Å². The smallest absolute Gasteiger partial charge is 0.161 e. The van der Waals surface area contributed by atoms with Crippen molar-refractivity contribution < 1.29 is 0 Å². The first-order valence-electron chi connectivity index (χ1n) is 6.56. The summed E-state index contributed by atoms with van der Waals surface area (Å²) in [5, 5.41) is 5.07. The highest BCUT2D eigenvalue weighted by Gasteiger charge is 2.36. The fraction of sp³-hybridized carbons (Fsp3) is 0.500. The topological polar surface area (TPSA) is 24.4 Å². The number of benzene rings is 1. The molecule has 0 radical (unpaired) electrons. The second-order valence-corrected chi connectivity index (χ2v) is 7.65. The highest BCUT2D eigenvalue weighted by Crippen LogP contribution is 2.43. The van der Waals surface area contributed by atoms with Crippen LogP contribution >= 0.6 is 39.3 Å². The van der Waals surface area contributed by atoms with Gasteiger partial charge in [0.2, 0.25) is 0 Å². The number of aliphatic imine (C=N–C) groups is 1. The van der Waals surface area contributed by atoms with Gasteiger partial charge in [0.1, 0.15) is 0 Å². The van der Waals surface area contributed by atoms with E-state index in [2.05, 4.69) is 21.2 Å². The molecule has 3 rings (SSSR count). The van der Waals surface area contributed by atoms with Crippen molar-refractivity contribution in [3.8, 4) is 0 Å². The summed E-state index contributed by atoms with van der Waals surface area (Å²) in [4.78, 5) is 4.73. The Kier molecular flexibility index (Phi) is 4.11. The third-order valence-electron chi connectivity index (χ3n) is 3.91. The van der Waals surface area contributed by atoms with Crippen molar-refractivity contribution in [2.75, 3.05) is 17.6 Å². The van der Waals surface area contributed by atoms with Gasteiger partial charge in [-0.25, -0.2) is 0 Å². The van der Waals surface area contributed by atoms with Gasteiger partial charge in [0.15, 0.2) is 5.17 Å². The molecule has 0 amide bonds. The average Bonchev–Trinajstić information content (AvgIpc) is 2.85. The van der Waals surface area contributed by atoms with Crippen molar-refractivity contribution in [3.63, 3.8) is 0 Å². The first-order valence-corrected chi connectivity index (χ1v) is 8.72. The molecule has 19 heavy (non-hydrogen) atoms. The number of amidine groups is 1. The van der Waals surface area contributed by atoms with Crippen LogP contribution in [0.5, 0.6) is 0 Å². The summed E-state index contributed by atoms with van der Waals surface area (Å²) in [5.41, 5.74) is 1.40. The van der Waals surface area contributed by atoms with Crippen molar-refractivity contribution in [3.05, 3.63) is 27.7 Å². The number of hydrogen-bond donors (Lipinski definition) is 1. The Balaban J connectivity index is 1.71. The zero-order valence-corrected chi connectivity index (χ0v) is 13.7. The lowest BCUT2D eigenvalue weighted by Crippen LogP contribution is -2.30. The monoisotopic (exact) mass is 358 g/mol. The van der Waals surface area contributed by atoms with E-state index in [1.54, 1.807) is 0 Å². The molecular weight excluding hydrogens is 344 g/mol. The lowest BCUT2D eigenvalue weighted by Gasteiger charge is -2.31. The fourth-order valence-electron chi connectivity index (χ4n) is 2.76. The van der Waals surface area contributed by atoms with Crippen molar-refractivity contribution >= 4 is 50.1 Å². The second kappa shape index (κ2) is 5.66. The number of thioether (sulfide) groups is 1. The van der Waals surface area contributed by atoms with E-state index in [0.29, 0.717) is 5.41 Å². The molecule has 1 fully saturated rings. The molecule has 0 atom stereocenters. The van der Waals surface area contributed by atoms with Gasteiger partial charge in [-0.2, -0.15) is 0 Å². The standard InChI is InChI=1S/C14H16BrClN2S/c15-10-3-4-11(16)12(7-10)18-13-17-8-14(9-19-13)5-1-2-6-14/h3-4,7H,1-2,5-6,8-9H2,(H,17,18). The molecule has 1 saturated carbocycles. The predicted octanol–water partition coefficient (Wildman–Crippen LogP) is 5.18. The van der Waals surface area contributed by atoms with Crippen LogP contribution in [0.1, 0.15) is 25.7 Å². The SMILES string of the molecule is Clc1ccc(Br)cc1NC1=NCC2(CCCC2)CS1. The fourth-order valence-corrected chi connectivity index (χ4v) is 4.45. The van der Waals surface area contributed by atoms with E-state index in [0.717, 1.165) is 26.9 Å². The van der Waals surface area contributed by atoms with E-state index < -0.39 is 0 Å². The molecule has 1 N–H and O–H groups in total. The van der Waals surface area contributed by atoms with Crippen LogP contribution in [0.4, 0.5) is 5.69 Å². The van der Waals surface area contributed by atoms with E-state index in [1.165, 1.54) is 31.4 Å². The Morgan fingerprint density at radius 3 is 2.79 bits per heavy atom. The maximum absolute atomic E-state index is 6.19. The zero-order chi connectivity index (χ0) is 13.3. The average molecular weight is 360 g/mol. The van der Waals surface area contributed by atoms with Crippen LogP contribution in [0.25, 0.3) is 0 Å². The van der Waals surface area contributed by atoms with E-state index in [9.17, 15) is 0 Å². The number of anilines is 1. The molecule has 1 heterocycles. The quantitative estimate of drug-likeness (QED) is 0.747. The summed E-state index contributed by atoms with van der Waals surface area (Å²) in [5.74, 6) is 1.18. The van der Waals surface area contributed by atoms with Crippen LogP contribution < -0.4 is 5.32 Å². The Hall–Kier alpha value is -0.190. The summed E-state index contributed by atoms with van der Waals surface area (Å²) in [7, 11) is 0. The number of nitrogens with one attached hydrogen (secondary N) is 1. The molecule has 1 aromatic rings. The molecule has 0 saturated heterocycles. The molecule has 102 valence electrons. The number of nitrogens with zero attached hydrogens (tertiary/aromatic N) is 1. The van der Waals surface area contributed by atoms with Gasteiger partial charge in [-0.3, -0.25) is 4.99 Å². The minimum absolute atomic E-state index is 0.483. The van der Waals surface area contributed by atoms with Gasteiger partial charge >= 0.3 is 0 Å². The van der Waals surface area contributed by atoms with Crippen LogP contribution in [-0.2, 0) is 0 Å². The van der Waals surface area contributed by atoms with Crippen LogP contribution in [0, 0.1) is 5.41 Å². The third-order valence-corrected chi connectivity index (χ3v) is 5.99. The van der Waals surface area contributed by atoms with E-state index in [4.69, 9.17) is 16.6 Å². The third kappa shape index (κ3) is 3.11. The zero-order valence-electron chi connectivity index (χ0n) is 10.6. The van der Waals surface area contributed by atoms with E-state index in [-0.39, 0.29) is 0 Å². The van der Waals surface area contributed by atoms with Crippen LogP contribution in [0.2, 0.25) is 5.02 Å². The van der Waals surface area contributed by atoms with Gasteiger partial charge in [0, 0.05) is 16.8 Å². The van der Waals surface area contributed by atoms with Gasteiger partial charge in [-0.15, -0.1) is 0 Å². The van der Waals surface area contributed by atoms with Gasteiger partial charge in [0.25, 0.3) is 0 Å². The molecule has 0 bridgehead atoms. The van der Waals surface area contributed by atoms with Gasteiger partial charge in [-0.1, -0.05) is 52.1 Å². The summed E-state index contributed by atoms with van der Waals surface area (Å²) < 4.78 is 1.02. The second-order valence-electron chi connectivity index (χ2n) is 5.37. The van der Waals surface area contributed by atoms with E-state index >= 15 is 0 Å². The normalized spacial score (nSPS) is 21.5. The molecule has 1 aliphatic heterocycles. The first kappa shape index (κ1) is 13.8. The molecule has 2 nitrogen and oxygen atoms in total. The summed E-state index contributed by atoms with van der Waals surface area (Å²) >= 11 is 11.5. The molecule has 0 unspecified atom stereocenters. The number of hydrogen-bond acceptors (Lipinski definition) is 3. The first-order chi connectivity index (χ1) is 9.17. The van der Waals surface area contributed by atoms with Crippen molar-refractivity contribution in [2.24, 2.45) is 10.4 Å². The molecule has 1 aliphatic carbocycles. The summed E-state index contributed by atoms with van der Waals surface area (Å²) in [6.45, 7) is 0.966. The lowest BCUT2D eigenvalue weighted by atomic mass is 9.89. The maximum atomic E-state index is 6.19. The lowest BCUT2D eigenvalue weighted by molar-refractivity contribution is 0.359. The largest absolute Gasteiger partial charge is 0.334 e. The predicted molar refractivity (Wildman–Crippen MR) is 88.4 cm³/mol. The Morgan fingerprint density at radius 1 is 1.32 bits per heavy atom. The molecule has 1 spiro atoms. The summed E-state index contributed by atoms with van der Waals surface area (Å²) in [6.07, 6.45) is 5.43. The van der Waals surface area contributed by atoms with Crippen LogP contribution in [0.3, 0.4) is 0 Å². The van der Waals surface area contributed by atoms with Gasteiger partial charge in [0.05, 0.1) is 10.7 Å². The number of halogens is 2. The number of rotatable bonds is 1. The maximum Gasteiger partial charge on any atom is 0.161 e. The minimum Gasteiger partial charge on any atom is -0.334 e. The highest BCUT2D eigenvalue weighted by molar-refractivity contribution is 9.10. The van der Waals surface area contributed by atoms with Crippen LogP contribution in [0.15, 0.2) is 27.7 Å². The van der Waals surface area contributed by atoms with Crippen molar-refractivity contribution in [1.82, 2.24) is 0 Å².